The number of aryl methyl sites for hydroxylation is 1. The molecule has 1 aromatic carbocycles. The fraction of sp³-hybridized carbons (Fsp3) is 0.421. The minimum Gasteiger partial charge on any atom is -0.466 e. The summed E-state index contributed by atoms with van der Waals surface area (Å²) in [6.07, 6.45) is 1.44. The Hall–Kier alpha value is -2.15. The highest BCUT2D eigenvalue weighted by Gasteiger charge is 2.13. The fourth-order valence-electron chi connectivity index (χ4n) is 2.48. The molecular formula is C19H23FN2O3S. The third kappa shape index (κ3) is 5.42. The van der Waals surface area contributed by atoms with Gasteiger partial charge in [-0.15, -0.1) is 0 Å². The molecule has 0 N–H and O–H groups in total. The largest absolute Gasteiger partial charge is 0.466 e. The molecule has 0 aliphatic carbocycles. The van der Waals surface area contributed by atoms with Crippen molar-refractivity contribution in [3.63, 3.8) is 0 Å². The van der Waals surface area contributed by atoms with Gasteiger partial charge in [0.05, 0.1) is 6.61 Å². The van der Waals surface area contributed by atoms with Crippen LogP contribution in [0.25, 0.3) is 0 Å². The number of carbonyl (C=O) groups is 1. The summed E-state index contributed by atoms with van der Waals surface area (Å²) in [4.78, 5) is 28.5. The smallest absolute Gasteiger partial charge is 0.305 e. The van der Waals surface area contributed by atoms with Crippen LogP contribution in [0.1, 0.15) is 36.6 Å². The number of ether oxygens (including phenoxy) is 1. The standard InChI is InChI=1S/C19H23FN2O3S/c1-4-25-17(23)6-5-11-26-19-21-13(2)16(18(24)22(19)3)12-14-7-9-15(20)10-8-14/h7-10H,4-6,11-12H2,1-3H3. The Kier molecular flexibility index (Phi) is 7.38. The van der Waals surface area contributed by atoms with E-state index in [2.05, 4.69) is 4.98 Å². The first-order valence-electron chi connectivity index (χ1n) is 8.51. The quantitative estimate of drug-likeness (QED) is 0.305. The molecule has 7 heteroatoms. The van der Waals surface area contributed by atoms with E-state index in [9.17, 15) is 14.0 Å². The van der Waals surface area contributed by atoms with Crippen LogP contribution in [0.2, 0.25) is 0 Å². The van der Waals surface area contributed by atoms with Crippen LogP contribution in [0.5, 0.6) is 0 Å². The number of carbonyl (C=O) groups excluding carboxylic acids is 1. The average Bonchev–Trinajstić information content (AvgIpc) is 2.61. The van der Waals surface area contributed by atoms with E-state index in [1.165, 1.54) is 28.5 Å². The van der Waals surface area contributed by atoms with Crippen LogP contribution in [0.3, 0.4) is 0 Å². The second-order valence-electron chi connectivity index (χ2n) is 5.88. The van der Waals surface area contributed by atoms with Gasteiger partial charge >= 0.3 is 5.97 Å². The lowest BCUT2D eigenvalue weighted by Crippen LogP contribution is -2.25. The topological polar surface area (TPSA) is 61.2 Å². The van der Waals surface area contributed by atoms with Crippen molar-refractivity contribution in [1.29, 1.82) is 0 Å². The first-order valence-corrected chi connectivity index (χ1v) is 9.50. The second-order valence-corrected chi connectivity index (χ2v) is 6.94. The highest BCUT2D eigenvalue weighted by atomic mass is 32.2. The Balaban J connectivity index is 2.06. The van der Waals surface area contributed by atoms with Gasteiger partial charge in [0.15, 0.2) is 5.16 Å². The van der Waals surface area contributed by atoms with Gasteiger partial charge < -0.3 is 4.74 Å². The van der Waals surface area contributed by atoms with Crippen molar-refractivity contribution >= 4 is 17.7 Å². The molecule has 0 fully saturated rings. The minimum atomic E-state index is -0.300. The minimum absolute atomic E-state index is 0.102. The second kappa shape index (κ2) is 9.52. The van der Waals surface area contributed by atoms with Crippen molar-refractivity contribution in [2.75, 3.05) is 12.4 Å². The normalized spacial score (nSPS) is 10.8. The van der Waals surface area contributed by atoms with Crippen molar-refractivity contribution in [3.05, 3.63) is 57.3 Å². The Morgan fingerprint density at radius 3 is 2.65 bits per heavy atom. The number of hydrogen-bond acceptors (Lipinski definition) is 5. The van der Waals surface area contributed by atoms with Gasteiger partial charge in [-0.2, -0.15) is 0 Å². The van der Waals surface area contributed by atoms with E-state index < -0.39 is 0 Å². The number of benzene rings is 1. The van der Waals surface area contributed by atoms with Crippen molar-refractivity contribution in [2.24, 2.45) is 7.05 Å². The molecule has 1 heterocycles. The van der Waals surface area contributed by atoms with E-state index in [1.54, 1.807) is 26.1 Å². The summed E-state index contributed by atoms with van der Waals surface area (Å²) >= 11 is 1.45. The number of aromatic nitrogens is 2. The molecule has 0 spiro atoms. The molecule has 26 heavy (non-hydrogen) atoms. The third-order valence-corrected chi connectivity index (χ3v) is 5.02. The van der Waals surface area contributed by atoms with Crippen LogP contribution in [-0.2, 0) is 23.0 Å². The van der Waals surface area contributed by atoms with E-state index in [0.29, 0.717) is 48.0 Å². The zero-order chi connectivity index (χ0) is 19.1. The van der Waals surface area contributed by atoms with E-state index in [-0.39, 0.29) is 17.3 Å². The molecule has 140 valence electrons. The van der Waals surface area contributed by atoms with E-state index in [0.717, 1.165) is 5.56 Å². The van der Waals surface area contributed by atoms with Gasteiger partial charge in [0.25, 0.3) is 5.56 Å². The molecule has 5 nitrogen and oxygen atoms in total. The summed E-state index contributed by atoms with van der Waals surface area (Å²) in [7, 11) is 1.69. The number of thioether (sulfide) groups is 1. The number of hydrogen-bond donors (Lipinski definition) is 0. The van der Waals surface area contributed by atoms with Gasteiger partial charge in [-0.05, 0) is 38.0 Å². The predicted octanol–water partition coefficient (Wildman–Crippen LogP) is 3.25. The fourth-order valence-corrected chi connectivity index (χ4v) is 3.43. The molecule has 0 aliphatic rings. The molecule has 0 radical (unpaired) electrons. The molecular weight excluding hydrogens is 355 g/mol. The third-order valence-electron chi connectivity index (χ3n) is 3.91. The zero-order valence-electron chi connectivity index (χ0n) is 15.3. The molecule has 1 aromatic heterocycles. The summed E-state index contributed by atoms with van der Waals surface area (Å²) < 4.78 is 19.5. The SMILES string of the molecule is CCOC(=O)CCCSc1nc(C)c(Cc2ccc(F)cc2)c(=O)n1C. The number of halogens is 1. The summed E-state index contributed by atoms with van der Waals surface area (Å²) in [5.74, 6) is 0.169. The highest BCUT2D eigenvalue weighted by molar-refractivity contribution is 7.99. The van der Waals surface area contributed by atoms with Crippen LogP contribution < -0.4 is 5.56 Å². The maximum Gasteiger partial charge on any atom is 0.305 e. The van der Waals surface area contributed by atoms with Gasteiger partial charge in [-0.3, -0.25) is 14.2 Å². The summed E-state index contributed by atoms with van der Waals surface area (Å²) in [6, 6.07) is 6.12. The average molecular weight is 378 g/mol. The van der Waals surface area contributed by atoms with E-state index in [4.69, 9.17) is 4.74 Å². The molecule has 0 atom stereocenters. The number of nitrogens with zero attached hydrogens (tertiary/aromatic N) is 2. The number of rotatable bonds is 8. The van der Waals surface area contributed by atoms with Gasteiger partial charge in [0.1, 0.15) is 5.82 Å². The van der Waals surface area contributed by atoms with Crippen molar-refractivity contribution in [2.45, 2.75) is 38.3 Å². The van der Waals surface area contributed by atoms with Crippen LogP contribution in [0.4, 0.5) is 4.39 Å². The molecule has 0 saturated heterocycles. The van der Waals surface area contributed by atoms with Crippen LogP contribution >= 0.6 is 11.8 Å². The maximum atomic E-state index is 13.0. The van der Waals surface area contributed by atoms with Crippen LogP contribution in [-0.4, -0.2) is 27.9 Å². The van der Waals surface area contributed by atoms with Gasteiger partial charge in [-0.25, -0.2) is 9.37 Å². The Morgan fingerprint density at radius 1 is 1.31 bits per heavy atom. The molecule has 2 aromatic rings. The molecule has 0 saturated carbocycles. The lowest BCUT2D eigenvalue weighted by Gasteiger charge is -2.12. The Labute approximate surface area is 156 Å². The summed E-state index contributed by atoms with van der Waals surface area (Å²) in [6.45, 7) is 3.97. The summed E-state index contributed by atoms with van der Waals surface area (Å²) in [5, 5.41) is 0.624. The van der Waals surface area contributed by atoms with Gasteiger partial charge in [0, 0.05) is 36.9 Å². The maximum absolute atomic E-state index is 13.0. The lowest BCUT2D eigenvalue weighted by atomic mass is 10.1. The molecule has 0 unspecified atom stereocenters. The molecule has 0 amide bonds. The summed E-state index contributed by atoms with van der Waals surface area (Å²) in [5.41, 5.74) is 2.04. The van der Waals surface area contributed by atoms with Gasteiger partial charge in [-0.1, -0.05) is 23.9 Å². The first kappa shape index (κ1) is 20.2. The Bertz CT molecular complexity index is 819. The number of esters is 1. The monoisotopic (exact) mass is 378 g/mol. The van der Waals surface area contributed by atoms with Crippen LogP contribution in [0, 0.1) is 12.7 Å². The molecule has 0 bridgehead atoms. The highest BCUT2D eigenvalue weighted by Crippen LogP contribution is 2.18. The first-order chi connectivity index (χ1) is 12.4. The predicted molar refractivity (Wildman–Crippen MR) is 100 cm³/mol. The molecule has 2 rings (SSSR count). The van der Waals surface area contributed by atoms with Crippen molar-refractivity contribution in [3.8, 4) is 0 Å². The lowest BCUT2D eigenvalue weighted by molar-refractivity contribution is -0.143. The van der Waals surface area contributed by atoms with Gasteiger partial charge in [0.2, 0.25) is 0 Å². The molecule has 0 aliphatic heterocycles. The van der Waals surface area contributed by atoms with E-state index >= 15 is 0 Å². The van der Waals surface area contributed by atoms with E-state index in [1.807, 2.05) is 6.92 Å². The van der Waals surface area contributed by atoms with Crippen molar-refractivity contribution < 1.29 is 13.9 Å². The van der Waals surface area contributed by atoms with Crippen molar-refractivity contribution in [1.82, 2.24) is 9.55 Å². The Morgan fingerprint density at radius 2 is 2.00 bits per heavy atom. The van der Waals surface area contributed by atoms with Crippen LogP contribution in [0.15, 0.2) is 34.2 Å². The zero-order valence-corrected chi connectivity index (χ0v) is 16.1.